The van der Waals surface area contributed by atoms with E-state index in [2.05, 4.69) is 51.8 Å². The Morgan fingerprint density at radius 1 is 0.891 bits per heavy atom. The van der Waals surface area contributed by atoms with Gasteiger partial charge in [-0.3, -0.25) is 4.79 Å². The van der Waals surface area contributed by atoms with Gasteiger partial charge in [0.05, 0.1) is 23.7 Å². The van der Waals surface area contributed by atoms with Crippen molar-refractivity contribution in [1.29, 1.82) is 0 Å². The predicted molar refractivity (Wildman–Crippen MR) is 195 cm³/mol. The van der Waals surface area contributed by atoms with Crippen LogP contribution in [0, 0.1) is 6.92 Å². The van der Waals surface area contributed by atoms with Crippen LogP contribution < -0.4 is 15.0 Å². The third kappa shape index (κ3) is 6.37. The largest absolute Gasteiger partial charge is 0.494 e. The lowest BCUT2D eigenvalue weighted by Gasteiger charge is -2.18. The number of benzene rings is 5. The Bertz CT molecular complexity index is 2170. The first-order valence-corrected chi connectivity index (χ1v) is 16.8. The highest BCUT2D eigenvalue weighted by Crippen LogP contribution is 2.35. The van der Waals surface area contributed by atoms with Crippen LogP contribution in [0.1, 0.15) is 48.9 Å². The number of aryl methyl sites for hydroxylation is 1. The maximum atomic E-state index is 14.1. The zero-order valence-electron chi connectivity index (χ0n) is 26.1. The quantitative estimate of drug-likeness (QED) is 0.139. The van der Waals surface area contributed by atoms with E-state index < -0.39 is 0 Å². The van der Waals surface area contributed by atoms with Crippen molar-refractivity contribution >= 4 is 59.7 Å². The third-order valence-electron chi connectivity index (χ3n) is 7.90. The first kappa shape index (κ1) is 31.7. The fraction of sp³-hybridized carbons (Fsp3) is 0.184. The molecule has 0 saturated heterocycles. The highest BCUT2D eigenvalue weighted by molar-refractivity contribution is 9.11. The molecule has 0 atom stereocenters. The van der Waals surface area contributed by atoms with Gasteiger partial charge in [0.1, 0.15) is 18.1 Å². The summed E-state index contributed by atoms with van der Waals surface area (Å²) in [5.41, 5.74) is 4.94. The van der Waals surface area contributed by atoms with Gasteiger partial charge in [-0.15, -0.1) is 0 Å². The van der Waals surface area contributed by atoms with E-state index in [1.807, 2.05) is 92.7 Å². The van der Waals surface area contributed by atoms with Crippen LogP contribution in [0.25, 0.3) is 33.1 Å². The number of fused-ring (bicyclic) bond motifs is 2. The van der Waals surface area contributed by atoms with Crippen LogP contribution in [0.15, 0.2) is 110 Å². The molecule has 46 heavy (non-hydrogen) atoms. The van der Waals surface area contributed by atoms with Gasteiger partial charge in [-0.05, 0) is 84.1 Å². The number of para-hydroxylation sites is 1. The smallest absolute Gasteiger partial charge is 0.282 e. The van der Waals surface area contributed by atoms with Gasteiger partial charge in [-0.25, -0.2) is 4.98 Å². The minimum atomic E-state index is -0.252. The first-order valence-electron chi connectivity index (χ1n) is 15.2. The van der Waals surface area contributed by atoms with Gasteiger partial charge in [0.2, 0.25) is 0 Å². The Morgan fingerprint density at radius 3 is 2.41 bits per heavy atom. The van der Waals surface area contributed by atoms with Crippen molar-refractivity contribution in [2.24, 2.45) is 5.10 Å². The molecule has 232 valence electrons. The summed E-state index contributed by atoms with van der Waals surface area (Å²) in [6.07, 6.45) is 1.71. The van der Waals surface area contributed by atoms with E-state index >= 15 is 0 Å². The minimum absolute atomic E-state index is 0.200. The van der Waals surface area contributed by atoms with Crippen molar-refractivity contribution in [1.82, 2.24) is 9.66 Å². The molecule has 6 nitrogen and oxygen atoms in total. The Hall–Kier alpha value is -4.27. The Morgan fingerprint density at radius 2 is 1.65 bits per heavy atom. The molecule has 1 heterocycles. The van der Waals surface area contributed by atoms with Gasteiger partial charge in [-0.1, -0.05) is 94.2 Å². The standard InChI is InChI=1S/C38H33Br2N3O3/c1-5-45-36-18-24(4)31(20-30(36)23(2)3)37-42-34-13-9-8-12-29(34)38(44)43(37)41-21-32-28-11-7-6-10-25(28)15-17-35(32)46-22-26-14-16-27(39)19-33(26)40/h6-21,23H,5,22H2,1-4H3. The number of hydrogen-bond acceptors (Lipinski definition) is 5. The summed E-state index contributed by atoms with van der Waals surface area (Å²) >= 11 is 7.16. The van der Waals surface area contributed by atoms with Gasteiger partial charge in [0, 0.05) is 25.6 Å². The first-order chi connectivity index (χ1) is 22.2. The summed E-state index contributed by atoms with van der Waals surface area (Å²) in [5, 5.41) is 7.35. The summed E-state index contributed by atoms with van der Waals surface area (Å²) in [6, 6.07) is 29.5. The van der Waals surface area contributed by atoms with Crippen LogP contribution in [-0.4, -0.2) is 22.5 Å². The fourth-order valence-electron chi connectivity index (χ4n) is 5.52. The summed E-state index contributed by atoms with van der Waals surface area (Å²) < 4.78 is 15.7. The van der Waals surface area contributed by atoms with E-state index in [1.54, 1.807) is 12.3 Å². The van der Waals surface area contributed by atoms with Crippen LogP contribution in [0.2, 0.25) is 0 Å². The number of nitrogens with zero attached hydrogens (tertiary/aromatic N) is 3. The maximum Gasteiger partial charge on any atom is 0.282 e. The Kier molecular flexibility index (Phi) is 9.38. The van der Waals surface area contributed by atoms with E-state index in [4.69, 9.17) is 19.6 Å². The third-order valence-corrected chi connectivity index (χ3v) is 9.14. The molecule has 6 rings (SSSR count). The molecular weight excluding hydrogens is 706 g/mol. The zero-order valence-corrected chi connectivity index (χ0v) is 29.2. The minimum Gasteiger partial charge on any atom is -0.494 e. The van der Waals surface area contributed by atoms with E-state index in [0.29, 0.717) is 35.7 Å². The Balaban J connectivity index is 1.53. The van der Waals surface area contributed by atoms with Crippen molar-refractivity contribution in [3.05, 3.63) is 133 Å². The van der Waals surface area contributed by atoms with Crippen LogP contribution in [0.5, 0.6) is 11.5 Å². The molecule has 0 saturated carbocycles. The number of halogens is 2. The van der Waals surface area contributed by atoms with Gasteiger partial charge in [-0.2, -0.15) is 9.78 Å². The molecule has 0 spiro atoms. The lowest BCUT2D eigenvalue weighted by atomic mass is 9.96. The van der Waals surface area contributed by atoms with Crippen molar-refractivity contribution < 1.29 is 9.47 Å². The molecular formula is C38H33Br2N3O3. The molecule has 0 bridgehead atoms. The molecule has 0 aliphatic carbocycles. The summed E-state index contributed by atoms with van der Waals surface area (Å²) in [5.74, 6) is 2.15. The Labute approximate surface area is 285 Å². The second kappa shape index (κ2) is 13.6. The summed E-state index contributed by atoms with van der Waals surface area (Å²) in [6.45, 7) is 9.16. The molecule has 0 aliphatic rings. The van der Waals surface area contributed by atoms with Crippen molar-refractivity contribution in [2.45, 2.75) is 40.2 Å². The zero-order chi connectivity index (χ0) is 32.4. The monoisotopic (exact) mass is 737 g/mol. The van der Waals surface area contributed by atoms with E-state index in [1.165, 1.54) is 4.68 Å². The number of aromatic nitrogens is 2. The highest BCUT2D eigenvalue weighted by atomic mass is 79.9. The molecule has 0 aliphatic heterocycles. The van der Waals surface area contributed by atoms with Gasteiger partial charge < -0.3 is 9.47 Å². The number of ether oxygens (including phenoxy) is 2. The lowest BCUT2D eigenvalue weighted by molar-refractivity contribution is 0.305. The van der Waals surface area contributed by atoms with E-state index in [9.17, 15) is 4.79 Å². The normalized spacial score (nSPS) is 11.6. The van der Waals surface area contributed by atoms with Gasteiger partial charge in [0.15, 0.2) is 5.82 Å². The molecule has 8 heteroatoms. The predicted octanol–water partition coefficient (Wildman–Crippen LogP) is 10.0. The lowest BCUT2D eigenvalue weighted by Crippen LogP contribution is -2.21. The van der Waals surface area contributed by atoms with E-state index in [0.717, 1.165) is 53.3 Å². The average molecular weight is 740 g/mol. The SMILES string of the molecule is CCOc1cc(C)c(-c2nc3ccccc3c(=O)n2N=Cc2c(OCc3ccc(Br)cc3Br)ccc3ccccc23)cc1C(C)C. The summed E-state index contributed by atoms with van der Waals surface area (Å²) in [4.78, 5) is 19.1. The number of hydrogen-bond donors (Lipinski definition) is 0. The van der Waals surface area contributed by atoms with Crippen LogP contribution in [0.4, 0.5) is 0 Å². The van der Waals surface area contributed by atoms with Crippen LogP contribution >= 0.6 is 31.9 Å². The maximum absolute atomic E-state index is 14.1. The van der Waals surface area contributed by atoms with E-state index in [-0.39, 0.29) is 11.5 Å². The van der Waals surface area contributed by atoms with Crippen LogP contribution in [0.3, 0.4) is 0 Å². The average Bonchev–Trinajstić information content (AvgIpc) is 3.04. The molecule has 0 N–H and O–H groups in total. The second-order valence-corrected chi connectivity index (χ2v) is 13.1. The molecule has 0 amide bonds. The van der Waals surface area contributed by atoms with Crippen molar-refractivity contribution in [3.8, 4) is 22.9 Å². The van der Waals surface area contributed by atoms with Crippen molar-refractivity contribution in [3.63, 3.8) is 0 Å². The van der Waals surface area contributed by atoms with Crippen LogP contribution in [-0.2, 0) is 6.61 Å². The molecule has 5 aromatic carbocycles. The van der Waals surface area contributed by atoms with Gasteiger partial charge >= 0.3 is 0 Å². The van der Waals surface area contributed by atoms with Crippen molar-refractivity contribution in [2.75, 3.05) is 6.61 Å². The topological polar surface area (TPSA) is 65.7 Å². The highest BCUT2D eigenvalue weighted by Gasteiger charge is 2.19. The molecule has 6 aromatic rings. The molecule has 0 unspecified atom stereocenters. The second-order valence-electron chi connectivity index (χ2n) is 11.3. The number of rotatable bonds is 9. The molecule has 0 fully saturated rings. The molecule has 0 radical (unpaired) electrons. The fourth-order valence-corrected chi connectivity index (χ4v) is 6.68. The summed E-state index contributed by atoms with van der Waals surface area (Å²) in [7, 11) is 0. The van der Waals surface area contributed by atoms with Gasteiger partial charge in [0.25, 0.3) is 5.56 Å². The molecule has 1 aromatic heterocycles.